The number of rotatable bonds is 5. The number of hydrogen-bond donors (Lipinski definition) is 1. The lowest BCUT2D eigenvalue weighted by Crippen LogP contribution is -2.38. The van der Waals surface area contributed by atoms with Gasteiger partial charge in [-0.05, 0) is 56.2 Å². The van der Waals surface area contributed by atoms with Gasteiger partial charge in [-0.3, -0.25) is 4.79 Å². The van der Waals surface area contributed by atoms with Crippen molar-refractivity contribution in [3.05, 3.63) is 34.9 Å². The lowest BCUT2D eigenvalue weighted by Gasteiger charge is -2.31. The molecule has 0 spiro atoms. The zero-order valence-electron chi connectivity index (χ0n) is 13.2. The van der Waals surface area contributed by atoms with Crippen LogP contribution in [0, 0.1) is 5.92 Å². The average Bonchev–Trinajstić information content (AvgIpc) is 3.24. The van der Waals surface area contributed by atoms with Gasteiger partial charge in [0.1, 0.15) is 0 Å². The van der Waals surface area contributed by atoms with Gasteiger partial charge in [-0.15, -0.1) is 0 Å². The van der Waals surface area contributed by atoms with E-state index in [0.717, 1.165) is 42.7 Å². The molecule has 1 aromatic carbocycles. The Kier molecular flexibility index (Phi) is 4.74. The first-order valence-electron chi connectivity index (χ1n) is 8.38. The molecule has 2 N–H and O–H groups in total. The Hall–Kier alpha value is -1.06. The third-order valence-electron chi connectivity index (χ3n) is 5.15. The fraction of sp³-hybridized carbons (Fsp3) is 0.611. The number of carbonyl (C=O) groups excluding carboxylic acids is 1. The number of benzene rings is 1. The van der Waals surface area contributed by atoms with Crippen molar-refractivity contribution in [3.63, 3.8) is 0 Å². The summed E-state index contributed by atoms with van der Waals surface area (Å²) in [6.45, 7) is 2.12. The summed E-state index contributed by atoms with van der Waals surface area (Å²) < 4.78 is 0. The van der Waals surface area contributed by atoms with Crippen molar-refractivity contribution in [2.75, 3.05) is 0 Å². The Balaban J connectivity index is 1.71. The van der Waals surface area contributed by atoms with Gasteiger partial charge in [0.25, 0.3) is 0 Å². The van der Waals surface area contributed by atoms with Gasteiger partial charge in [-0.2, -0.15) is 0 Å². The number of nitrogens with two attached hydrogens (primary N) is 1. The molecule has 1 amide bonds. The molecule has 3 nitrogen and oxygen atoms in total. The van der Waals surface area contributed by atoms with Crippen molar-refractivity contribution >= 4 is 17.5 Å². The molecule has 0 saturated heterocycles. The SMILES string of the molecule is CC(c1ccc(Cl)cc1)N(C(=O)C[C@@H]1CCC[C@H]1N)C1CC1. The first kappa shape index (κ1) is 15.8. The van der Waals surface area contributed by atoms with Crippen LogP contribution in [0.4, 0.5) is 0 Å². The van der Waals surface area contributed by atoms with Crippen LogP contribution in [0.25, 0.3) is 0 Å². The molecule has 0 bridgehead atoms. The minimum atomic E-state index is 0.106. The third-order valence-corrected chi connectivity index (χ3v) is 5.40. The van der Waals surface area contributed by atoms with Gasteiger partial charge < -0.3 is 10.6 Å². The quantitative estimate of drug-likeness (QED) is 0.894. The summed E-state index contributed by atoms with van der Waals surface area (Å²) in [6, 6.07) is 8.57. The molecule has 120 valence electrons. The molecular weight excluding hydrogens is 296 g/mol. The molecular formula is C18H25ClN2O. The molecule has 0 aromatic heterocycles. The summed E-state index contributed by atoms with van der Waals surface area (Å²) in [5.74, 6) is 0.637. The fourth-order valence-electron chi connectivity index (χ4n) is 3.64. The lowest BCUT2D eigenvalue weighted by atomic mass is 9.98. The molecule has 3 rings (SSSR count). The molecule has 2 aliphatic rings. The first-order valence-corrected chi connectivity index (χ1v) is 8.76. The smallest absolute Gasteiger partial charge is 0.223 e. The minimum absolute atomic E-state index is 0.106. The molecule has 0 aliphatic heterocycles. The number of amides is 1. The molecule has 2 fully saturated rings. The van der Waals surface area contributed by atoms with Crippen LogP contribution in [0.5, 0.6) is 0 Å². The van der Waals surface area contributed by atoms with Crippen molar-refractivity contribution < 1.29 is 4.79 Å². The number of nitrogens with zero attached hydrogens (tertiary/aromatic N) is 1. The van der Waals surface area contributed by atoms with Crippen LogP contribution >= 0.6 is 11.6 Å². The summed E-state index contributed by atoms with van der Waals surface area (Å²) >= 11 is 5.97. The summed E-state index contributed by atoms with van der Waals surface area (Å²) in [4.78, 5) is 14.9. The van der Waals surface area contributed by atoms with Crippen molar-refractivity contribution in [1.29, 1.82) is 0 Å². The second-order valence-electron chi connectivity index (χ2n) is 6.82. The van der Waals surface area contributed by atoms with E-state index in [4.69, 9.17) is 17.3 Å². The van der Waals surface area contributed by atoms with E-state index in [9.17, 15) is 4.79 Å². The van der Waals surface area contributed by atoms with Crippen LogP contribution in [-0.4, -0.2) is 22.9 Å². The molecule has 22 heavy (non-hydrogen) atoms. The maximum Gasteiger partial charge on any atom is 0.223 e. The Labute approximate surface area is 137 Å². The van der Waals surface area contributed by atoms with Crippen molar-refractivity contribution in [3.8, 4) is 0 Å². The molecule has 1 unspecified atom stereocenters. The molecule has 2 saturated carbocycles. The zero-order chi connectivity index (χ0) is 15.7. The zero-order valence-corrected chi connectivity index (χ0v) is 13.9. The molecule has 1 aromatic rings. The standard InChI is InChI=1S/C18H25ClN2O/c1-12(13-5-7-15(19)8-6-13)21(16-9-10-16)18(22)11-14-3-2-4-17(14)20/h5-8,12,14,16-17H,2-4,9-11,20H2,1H3/t12?,14-,17+/m0/s1. The molecule has 2 aliphatic carbocycles. The summed E-state index contributed by atoms with van der Waals surface area (Å²) in [7, 11) is 0. The van der Waals surface area contributed by atoms with Crippen molar-refractivity contribution in [2.24, 2.45) is 11.7 Å². The number of halogens is 1. The maximum absolute atomic E-state index is 12.9. The largest absolute Gasteiger partial charge is 0.333 e. The molecule has 0 radical (unpaired) electrons. The van der Waals surface area contributed by atoms with Crippen LogP contribution < -0.4 is 5.73 Å². The second-order valence-corrected chi connectivity index (χ2v) is 7.26. The topological polar surface area (TPSA) is 46.3 Å². The van der Waals surface area contributed by atoms with E-state index in [0.29, 0.717) is 18.4 Å². The van der Waals surface area contributed by atoms with Gasteiger partial charge in [-0.1, -0.05) is 30.2 Å². The van der Waals surface area contributed by atoms with Crippen molar-refractivity contribution in [2.45, 2.75) is 63.6 Å². The van der Waals surface area contributed by atoms with E-state index in [-0.39, 0.29) is 18.0 Å². The summed E-state index contributed by atoms with van der Waals surface area (Å²) in [5.41, 5.74) is 7.29. The molecule has 3 atom stereocenters. The Morgan fingerprint density at radius 2 is 1.95 bits per heavy atom. The van der Waals surface area contributed by atoms with Crippen LogP contribution in [0.1, 0.15) is 57.1 Å². The first-order chi connectivity index (χ1) is 10.6. The average molecular weight is 321 g/mol. The number of hydrogen-bond acceptors (Lipinski definition) is 2. The lowest BCUT2D eigenvalue weighted by molar-refractivity contribution is -0.135. The van der Waals surface area contributed by atoms with Gasteiger partial charge in [-0.25, -0.2) is 0 Å². The molecule has 4 heteroatoms. The highest BCUT2D eigenvalue weighted by atomic mass is 35.5. The third kappa shape index (κ3) is 3.47. The number of carbonyl (C=O) groups is 1. The van der Waals surface area contributed by atoms with E-state index in [1.54, 1.807) is 0 Å². The second kappa shape index (κ2) is 6.59. The van der Waals surface area contributed by atoms with Gasteiger partial charge in [0.15, 0.2) is 0 Å². The molecule has 0 heterocycles. The van der Waals surface area contributed by atoms with Gasteiger partial charge in [0.05, 0.1) is 6.04 Å². The van der Waals surface area contributed by atoms with Crippen molar-refractivity contribution in [1.82, 2.24) is 4.90 Å². The van der Waals surface area contributed by atoms with E-state index >= 15 is 0 Å². The fourth-order valence-corrected chi connectivity index (χ4v) is 3.77. The van der Waals surface area contributed by atoms with E-state index in [1.807, 2.05) is 24.3 Å². The van der Waals surface area contributed by atoms with Crippen LogP contribution in [-0.2, 0) is 4.79 Å². The van der Waals surface area contributed by atoms with Gasteiger partial charge >= 0.3 is 0 Å². The highest BCUT2D eigenvalue weighted by Gasteiger charge is 2.38. The van der Waals surface area contributed by atoms with E-state index in [2.05, 4.69) is 11.8 Å². The predicted octanol–water partition coefficient (Wildman–Crippen LogP) is 3.91. The normalized spacial score (nSPS) is 26.0. The van der Waals surface area contributed by atoms with E-state index in [1.165, 1.54) is 0 Å². The Bertz CT molecular complexity index is 526. The summed E-state index contributed by atoms with van der Waals surface area (Å²) in [5, 5.41) is 0.733. The maximum atomic E-state index is 12.9. The van der Waals surface area contributed by atoms with Crippen LogP contribution in [0.15, 0.2) is 24.3 Å². The highest BCUT2D eigenvalue weighted by molar-refractivity contribution is 6.30. The highest BCUT2D eigenvalue weighted by Crippen LogP contribution is 2.37. The van der Waals surface area contributed by atoms with Gasteiger partial charge in [0, 0.05) is 23.5 Å². The van der Waals surface area contributed by atoms with Crippen LogP contribution in [0.2, 0.25) is 5.02 Å². The summed E-state index contributed by atoms with van der Waals surface area (Å²) in [6.07, 6.45) is 6.18. The monoisotopic (exact) mass is 320 g/mol. The van der Waals surface area contributed by atoms with Crippen LogP contribution in [0.3, 0.4) is 0 Å². The predicted molar refractivity (Wildman–Crippen MR) is 89.7 cm³/mol. The van der Waals surface area contributed by atoms with Gasteiger partial charge in [0.2, 0.25) is 5.91 Å². The van der Waals surface area contributed by atoms with E-state index < -0.39 is 0 Å². The Morgan fingerprint density at radius 1 is 1.27 bits per heavy atom. The minimum Gasteiger partial charge on any atom is -0.333 e. The Morgan fingerprint density at radius 3 is 2.50 bits per heavy atom.